The van der Waals surface area contributed by atoms with Crippen molar-refractivity contribution in [1.82, 2.24) is 15.1 Å². The molecular weight excluding hydrogens is 242 g/mol. The van der Waals surface area contributed by atoms with Crippen molar-refractivity contribution < 1.29 is 9.47 Å². The summed E-state index contributed by atoms with van der Waals surface area (Å²) in [5.74, 6) is 1.71. The third-order valence-electron chi connectivity index (χ3n) is 2.88. The number of methoxy groups -OCH3 is 2. The van der Waals surface area contributed by atoms with Gasteiger partial charge < -0.3 is 14.8 Å². The van der Waals surface area contributed by atoms with Gasteiger partial charge in [0, 0.05) is 31.0 Å². The summed E-state index contributed by atoms with van der Waals surface area (Å²) in [5, 5.41) is 7.52. The molecule has 1 aromatic carbocycles. The Morgan fingerprint density at radius 1 is 1.26 bits per heavy atom. The number of benzene rings is 1. The Labute approximate surface area is 113 Å². The highest BCUT2D eigenvalue weighted by atomic mass is 16.5. The Hall–Kier alpha value is -2.01. The van der Waals surface area contributed by atoms with Crippen molar-refractivity contribution in [2.45, 2.75) is 13.1 Å². The summed E-state index contributed by atoms with van der Waals surface area (Å²) in [4.78, 5) is 0. The standard InChI is InChI=1S/C14H19N3O2/c1-18-13-4-5-14(19-2)12(10-13)11-15-7-9-17-8-3-6-16-17/h3-6,8,10,15H,7,9,11H2,1-2H3. The van der Waals surface area contributed by atoms with Crippen LogP contribution in [0.15, 0.2) is 36.7 Å². The monoisotopic (exact) mass is 261 g/mol. The van der Waals surface area contributed by atoms with Gasteiger partial charge in [-0.25, -0.2) is 0 Å². The Morgan fingerprint density at radius 3 is 2.84 bits per heavy atom. The van der Waals surface area contributed by atoms with Crippen molar-refractivity contribution in [2.24, 2.45) is 0 Å². The fraction of sp³-hybridized carbons (Fsp3) is 0.357. The topological polar surface area (TPSA) is 48.3 Å². The molecule has 19 heavy (non-hydrogen) atoms. The van der Waals surface area contributed by atoms with E-state index in [-0.39, 0.29) is 0 Å². The number of hydrogen-bond acceptors (Lipinski definition) is 4. The van der Waals surface area contributed by atoms with E-state index in [1.54, 1.807) is 20.4 Å². The maximum Gasteiger partial charge on any atom is 0.123 e. The van der Waals surface area contributed by atoms with Crippen LogP contribution in [0.25, 0.3) is 0 Å². The van der Waals surface area contributed by atoms with Crippen LogP contribution >= 0.6 is 0 Å². The molecule has 1 N–H and O–H groups in total. The second-order valence-corrected chi connectivity index (χ2v) is 4.12. The largest absolute Gasteiger partial charge is 0.497 e. The Morgan fingerprint density at radius 2 is 2.16 bits per heavy atom. The average Bonchev–Trinajstić information content (AvgIpc) is 2.96. The lowest BCUT2D eigenvalue weighted by Gasteiger charge is -2.11. The summed E-state index contributed by atoms with van der Waals surface area (Å²) in [6, 6.07) is 7.72. The number of aromatic nitrogens is 2. The van der Waals surface area contributed by atoms with E-state index in [0.717, 1.165) is 36.7 Å². The first-order valence-corrected chi connectivity index (χ1v) is 6.22. The van der Waals surface area contributed by atoms with Crippen molar-refractivity contribution in [2.75, 3.05) is 20.8 Å². The molecule has 0 amide bonds. The molecule has 102 valence electrons. The minimum Gasteiger partial charge on any atom is -0.497 e. The van der Waals surface area contributed by atoms with E-state index in [1.165, 1.54) is 0 Å². The predicted molar refractivity (Wildman–Crippen MR) is 73.5 cm³/mol. The van der Waals surface area contributed by atoms with Crippen LogP contribution in [0, 0.1) is 0 Å². The van der Waals surface area contributed by atoms with Crippen LogP contribution in [0.5, 0.6) is 11.5 Å². The van der Waals surface area contributed by atoms with Gasteiger partial charge in [-0.3, -0.25) is 4.68 Å². The number of ether oxygens (including phenoxy) is 2. The van der Waals surface area contributed by atoms with Crippen molar-refractivity contribution in [3.8, 4) is 11.5 Å². The van der Waals surface area contributed by atoms with Crippen molar-refractivity contribution in [1.29, 1.82) is 0 Å². The molecule has 0 saturated carbocycles. The first-order valence-electron chi connectivity index (χ1n) is 6.22. The molecule has 0 bridgehead atoms. The third kappa shape index (κ3) is 3.72. The molecule has 1 aromatic heterocycles. The second-order valence-electron chi connectivity index (χ2n) is 4.12. The molecule has 1 heterocycles. The van der Waals surface area contributed by atoms with E-state index in [9.17, 15) is 0 Å². The zero-order valence-corrected chi connectivity index (χ0v) is 11.3. The fourth-order valence-electron chi connectivity index (χ4n) is 1.87. The van der Waals surface area contributed by atoms with Crippen molar-refractivity contribution in [3.05, 3.63) is 42.2 Å². The fourth-order valence-corrected chi connectivity index (χ4v) is 1.87. The van der Waals surface area contributed by atoms with E-state index in [2.05, 4.69) is 10.4 Å². The summed E-state index contributed by atoms with van der Waals surface area (Å²) in [6.07, 6.45) is 3.74. The first-order chi connectivity index (χ1) is 9.33. The van der Waals surface area contributed by atoms with E-state index in [4.69, 9.17) is 9.47 Å². The zero-order chi connectivity index (χ0) is 13.5. The third-order valence-corrected chi connectivity index (χ3v) is 2.88. The Kier molecular flexibility index (Phi) is 4.80. The minimum absolute atomic E-state index is 0.738. The van der Waals surface area contributed by atoms with Crippen LogP contribution in [0.2, 0.25) is 0 Å². The summed E-state index contributed by atoms with van der Waals surface area (Å²) in [6.45, 7) is 2.43. The van der Waals surface area contributed by atoms with E-state index in [1.807, 2.05) is 35.1 Å². The van der Waals surface area contributed by atoms with E-state index >= 15 is 0 Å². The van der Waals surface area contributed by atoms with E-state index < -0.39 is 0 Å². The summed E-state index contributed by atoms with van der Waals surface area (Å²) in [5.41, 5.74) is 1.09. The van der Waals surface area contributed by atoms with Crippen LogP contribution < -0.4 is 14.8 Å². The lowest BCUT2D eigenvalue weighted by molar-refractivity contribution is 0.396. The van der Waals surface area contributed by atoms with Crippen LogP contribution in [0.3, 0.4) is 0 Å². The van der Waals surface area contributed by atoms with Gasteiger partial charge in [0.1, 0.15) is 11.5 Å². The van der Waals surface area contributed by atoms with Gasteiger partial charge in [0.15, 0.2) is 0 Å². The van der Waals surface area contributed by atoms with Gasteiger partial charge in [0.2, 0.25) is 0 Å². The number of nitrogens with zero attached hydrogens (tertiary/aromatic N) is 2. The second kappa shape index (κ2) is 6.80. The average molecular weight is 261 g/mol. The minimum atomic E-state index is 0.738. The highest BCUT2D eigenvalue weighted by Gasteiger charge is 2.04. The molecule has 2 rings (SSSR count). The molecule has 0 aliphatic carbocycles. The molecule has 5 heteroatoms. The molecule has 0 radical (unpaired) electrons. The molecular formula is C14H19N3O2. The smallest absolute Gasteiger partial charge is 0.123 e. The van der Waals surface area contributed by atoms with Crippen molar-refractivity contribution in [3.63, 3.8) is 0 Å². The maximum absolute atomic E-state index is 5.33. The molecule has 0 saturated heterocycles. The number of rotatable bonds is 7. The van der Waals surface area contributed by atoms with Gasteiger partial charge in [0.05, 0.1) is 20.8 Å². The van der Waals surface area contributed by atoms with Gasteiger partial charge in [0.25, 0.3) is 0 Å². The maximum atomic E-state index is 5.33. The highest BCUT2D eigenvalue weighted by Crippen LogP contribution is 2.23. The van der Waals surface area contributed by atoms with Crippen LogP contribution in [-0.2, 0) is 13.1 Å². The lowest BCUT2D eigenvalue weighted by atomic mass is 10.2. The first kappa shape index (κ1) is 13.4. The molecule has 0 unspecified atom stereocenters. The normalized spacial score (nSPS) is 10.4. The highest BCUT2D eigenvalue weighted by molar-refractivity contribution is 5.40. The summed E-state index contributed by atoms with van der Waals surface area (Å²) in [7, 11) is 3.34. The molecule has 0 fully saturated rings. The molecule has 0 aliphatic rings. The van der Waals surface area contributed by atoms with Gasteiger partial charge in [-0.15, -0.1) is 0 Å². The zero-order valence-electron chi connectivity index (χ0n) is 11.3. The Balaban J connectivity index is 1.87. The predicted octanol–water partition coefficient (Wildman–Crippen LogP) is 1.69. The van der Waals surface area contributed by atoms with E-state index in [0.29, 0.717) is 0 Å². The SMILES string of the molecule is COc1ccc(OC)c(CNCCn2cccn2)c1. The van der Waals surface area contributed by atoms with Crippen LogP contribution in [0.4, 0.5) is 0 Å². The molecule has 2 aromatic rings. The molecule has 5 nitrogen and oxygen atoms in total. The quantitative estimate of drug-likeness (QED) is 0.771. The Bertz CT molecular complexity index is 497. The van der Waals surface area contributed by atoms with Crippen LogP contribution in [-0.4, -0.2) is 30.5 Å². The molecule has 0 aliphatic heterocycles. The van der Waals surface area contributed by atoms with Crippen molar-refractivity contribution >= 4 is 0 Å². The van der Waals surface area contributed by atoms with Gasteiger partial charge in [-0.1, -0.05) is 0 Å². The van der Waals surface area contributed by atoms with Gasteiger partial charge >= 0.3 is 0 Å². The summed E-state index contributed by atoms with van der Waals surface area (Å²) >= 11 is 0. The molecule has 0 atom stereocenters. The number of hydrogen-bond donors (Lipinski definition) is 1. The summed E-state index contributed by atoms with van der Waals surface area (Å²) < 4.78 is 12.5. The lowest BCUT2D eigenvalue weighted by Crippen LogP contribution is -2.20. The van der Waals surface area contributed by atoms with Crippen LogP contribution in [0.1, 0.15) is 5.56 Å². The van der Waals surface area contributed by atoms with Gasteiger partial charge in [-0.2, -0.15) is 5.10 Å². The molecule has 0 spiro atoms. The van der Waals surface area contributed by atoms with Gasteiger partial charge in [-0.05, 0) is 24.3 Å². The number of nitrogens with one attached hydrogen (secondary N) is 1.